The molecule has 0 spiro atoms. The fourth-order valence-corrected chi connectivity index (χ4v) is 4.97. The normalized spacial score (nSPS) is 16.6. The number of Topliss-reactive ketones (excluding diaryl/α,β-unsaturated/α-hetero) is 1. The van der Waals surface area contributed by atoms with Crippen LogP contribution >= 0.6 is 12.4 Å². The molecule has 4 aromatic rings. The van der Waals surface area contributed by atoms with Crippen molar-refractivity contribution in [1.29, 1.82) is 0 Å². The number of rotatable bonds is 8. The van der Waals surface area contributed by atoms with Gasteiger partial charge in [0.2, 0.25) is 0 Å². The van der Waals surface area contributed by atoms with E-state index in [1.807, 2.05) is 0 Å². The second-order valence-electron chi connectivity index (χ2n) is 9.02. The highest BCUT2D eigenvalue weighted by Gasteiger charge is 2.31. The molecule has 36 heavy (non-hydrogen) atoms. The van der Waals surface area contributed by atoms with Crippen molar-refractivity contribution in [3.8, 4) is 11.5 Å². The number of aromatic nitrogens is 4. The number of hydrogen-bond donors (Lipinski definition) is 1. The molecule has 1 saturated heterocycles. The zero-order chi connectivity index (χ0) is 24.0. The van der Waals surface area contributed by atoms with Gasteiger partial charge in [-0.15, -0.1) is 12.4 Å². The fraction of sp³-hybridized carbons (Fsp3) is 0.286. The second kappa shape index (κ2) is 12.0. The SMILES string of the molecule is CC1CN(CCC(=O)c2cn[nH]c2-c2ncccn2)CCN1C(c1ccccc1)c1ccccc1.Cl. The molecule has 0 bridgehead atoms. The Morgan fingerprint density at radius 3 is 2.22 bits per heavy atom. The van der Waals surface area contributed by atoms with Gasteiger partial charge in [0.1, 0.15) is 5.69 Å². The molecule has 2 aromatic carbocycles. The minimum atomic E-state index is 0. The zero-order valence-electron chi connectivity index (χ0n) is 20.3. The molecule has 0 amide bonds. The third-order valence-electron chi connectivity index (χ3n) is 6.71. The molecular formula is C28H31ClN6O. The number of aromatic amines is 1. The average Bonchev–Trinajstić information content (AvgIpc) is 3.41. The Balaban J connectivity index is 0.00000304. The van der Waals surface area contributed by atoms with Crippen LogP contribution in [0.5, 0.6) is 0 Å². The number of nitrogens with one attached hydrogen (secondary N) is 1. The summed E-state index contributed by atoms with van der Waals surface area (Å²) in [6.45, 7) is 5.79. The quantitative estimate of drug-likeness (QED) is 0.353. The van der Waals surface area contributed by atoms with Gasteiger partial charge in [-0.1, -0.05) is 60.7 Å². The standard InChI is InChI=1S/C28H30N6O.ClH/c1-21-20-33(16-13-25(35)24-19-31-32-26(24)28-29-14-8-15-30-28)17-18-34(21)27(22-9-4-2-5-10-22)23-11-6-3-7-12-23;/h2-12,14-15,19,21,27H,13,16-18,20H2,1H3,(H,31,32);1H. The third-order valence-corrected chi connectivity index (χ3v) is 6.71. The lowest BCUT2D eigenvalue weighted by Crippen LogP contribution is -2.53. The van der Waals surface area contributed by atoms with Crippen LogP contribution in [0, 0.1) is 0 Å². The van der Waals surface area contributed by atoms with E-state index in [1.54, 1.807) is 24.7 Å². The number of ketones is 1. The maximum Gasteiger partial charge on any atom is 0.178 e. The van der Waals surface area contributed by atoms with Crippen LogP contribution in [0.1, 0.15) is 40.9 Å². The molecule has 1 N–H and O–H groups in total. The van der Waals surface area contributed by atoms with E-state index >= 15 is 0 Å². The van der Waals surface area contributed by atoms with Crippen LogP contribution in [0.15, 0.2) is 85.3 Å². The van der Waals surface area contributed by atoms with E-state index < -0.39 is 0 Å². The number of halogens is 1. The molecule has 1 fully saturated rings. The highest BCUT2D eigenvalue weighted by Crippen LogP contribution is 2.32. The molecule has 3 heterocycles. The summed E-state index contributed by atoms with van der Waals surface area (Å²) in [5.74, 6) is 0.547. The molecule has 0 saturated carbocycles. The van der Waals surface area contributed by atoms with Crippen molar-refractivity contribution in [2.24, 2.45) is 0 Å². The monoisotopic (exact) mass is 502 g/mol. The van der Waals surface area contributed by atoms with Gasteiger partial charge in [-0.05, 0) is 24.1 Å². The molecule has 0 radical (unpaired) electrons. The van der Waals surface area contributed by atoms with Crippen LogP contribution in [0.2, 0.25) is 0 Å². The number of carbonyl (C=O) groups excluding carboxylic acids is 1. The number of H-pyrrole nitrogens is 1. The van der Waals surface area contributed by atoms with Gasteiger partial charge in [-0.2, -0.15) is 5.10 Å². The van der Waals surface area contributed by atoms with Crippen molar-refractivity contribution in [1.82, 2.24) is 30.0 Å². The van der Waals surface area contributed by atoms with Crippen LogP contribution < -0.4 is 0 Å². The van der Waals surface area contributed by atoms with Crippen LogP contribution in [0.25, 0.3) is 11.5 Å². The van der Waals surface area contributed by atoms with E-state index in [0.717, 1.165) is 26.2 Å². The summed E-state index contributed by atoms with van der Waals surface area (Å²) in [5, 5.41) is 6.95. The number of nitrogens with zero attached hydrogens (tertiary/aromatic N) is 5. The second-order valence-corrected chi connectivity index (χ2v) is 9.02. The van der Waals surface area contributed by atoms with E-state index in [1.165, 1.54) is 11.1 Å². The van der Waals surface area contributed by atoms with Crippen LogP contribution in [0.4, 0.5) is 0 Å². The van der Waals surface area contributed by atoms with Crippen LogP contribution in [-0.4, -0.2) is 68.0 Å². The summed E-state index contributed by atoms with van der Waals surface area (Å²) >= 11 is 0. The molecule has 5 rings (SSSR count). The van der Waals surface area contributed by atoms with Crippen LogP contribution in [0.3, 0.4) is 0 Å². The first kappa shape index (κ1) is 25.7. The molecule has 1 aliphatic heterocycles. The van der Waals surface area contributed by atoms with Gasteiger partial charge in [-0.25, -0.2) is 9.97 Å². The molecular weight excluding hydrogens is 472 g/mol. The molecule has 8 heteroatoms. The lowest BCUT2D eigenvalue weighted by atomic mass is 9.94. The minimum Gasteiger partial charge on any atom is -0.300 e. The first-order valence-corrected chi connectivity index (χ1v) is 12.1. The Hall–Kier alpha value is -3.39. The van der Waals surface area contributed by atoms with Crippen molar-refractivity contribution in [3.05, 3.63) is 102 Å². The largest absolute Gasteiger partial charge is 0.300 e. The summed E-state index contributed by atoms with van der Waals surface area (Å²) in [5.41, 5.74) is 3.76. The summed E-state index contributed by atoms with van der Waals surface area (Å²) < 4.78 is 0. The predicted molar refractivity (Wildman–Crippen MR) is 143 cm³/mol. The topological polar surface area (TPSA) is 78.0 Å². The smallest absolute Gasteiger partial charge is 0.178 e. The number of hydrogen-bond acceptors (Lipinski definition) is 6. The Labute approximate surface area is 218 Å². The Bertz CT molecular complexity index is 1200. The van der Waals surface area contributed by atoms with E-state index in [9.17, 15) is 4.79 Å². The Morgan fingerprint density at radius 2 is 1.61 bits per heavy atom. The van der Waals surface area contributed by atoms with Gasteiger partial charge in [0.05, 0.1) is 17.8 Å². The van der Waals surface area contributed by atoms with Crippen molar-refractivity contribution >= 4 is 18.2 Å². The maximum absolute atomic E-state index is 13.0. The number of carbonyl (C=O) groups is 1. The molecule has 0 aliphatic carbocycles. The highest BCUT2D eigenvalue weighted by atomic mass is 35.5. The summed E-state index contributed by atoms with van der Waals surface area (Å²) in [6, 6.07) is 23.8. The van der Waals surface area contributed by atoms with Crippen molar-refractivity contribution in [2.75, 3.05) is 26.2 Å². The van der Waals surface area contributed by atoms with E-state index in [0.29, 0.717) is 29.5 Å². The van der Waals surface area contributed by atoms with Gasteiger partial charge in [0, 0.05) is 51.0 Å². The summed E-state index contributed by atoms with van der Waals surface area (Å²) in [6.07, 6.45) is 5.35. The molecule has 1 aliphatic rings. The minimum absolute atomic E-state index is 0. The predicted octanol–water partition coefficient (Wildman–Crippen LogP) is 4.66. The summed E-state index contributed by atoms with van der Waals surface area (Å²) in [7, 11) is 0. The fourth-order valence-electron chi connectivity index (χ4n) is 4.97. The lowest BCUT2D eigenvalue weighted by Gasteiger charge is -2.44. The molecule has 2 aromatic heterocycles. The van der Waals surface area contributed by atoms with Gasteiger partial charge in [0.15, 0.2) is 11.6 Å². The van der Waals surface area contributed by atoms with Gasteiger partial charge in [0.25, 0.3) is 0 Å². The first-order chi connectivity index (χ1) is 17.2. The van der Waals surface area contributed by atoms with Crippen molar-refractivity contribution < 1.29 is 4.79 Å². The molecule has 1 unspecified atom stereocenters. The summed E-state index contributed by atoms with van der Waals surface area (Å²) in [4.78, 5) is 26.5. The molecule has 1 atom stereocenters. The lowest BCUT2D eigenvalue weighted by molar-refractivity contribution is 0.0585. The number of benzene rings is 2. The highest BCUT2D eigenvalue weighted by molar-refractivity contribution is 6.00. The van der Waals surface area contributed by atoms with Gasteiger partial charge >= 0.3 is 0 Å². The maximum atomic E-state index is 13.0. The van der Waals surface area contributed by atoms with Gasteiger partial charge < -0.3 is 4.90 Å². The van der Waals surface area contributed by atoms with E-state index in [-0.39, 0.29) is 24.2 Å². The Morgan fingerprint density at radius 1 is 0.972 bits per heavy atom. The zero-order valence-corrected chi connectivity index (χ0v) is 21.1. The number of piperazine rings is 1. The molecule has 7 nitrogen and oxygen atoms in total. The Kier molecular flexibility index (Phi) is 8.59. The van der Waals surface area contributed by atoms with Gasteiger partial charge in [-0.3, -0.25) is 14.8 Å². The van der Waals surface area contributed by atoms with Crippen LogP contribution in [-0.2, 0) is 0 Å². The average molecular weight is 503 g/mol. The van der Waals surface area contributed by atoms with E-state index in [4.69, 9.17) is 0 Å². The van der Waals surface area contributed by atoms with Crippen molar-refractivity contribution in [2.45, 2.75) is 25.4 Å². The van der Waals surface area contributed by atoms with Crippen molar-refractivity contribution in [3.63, 3.8) is 0 Å². The first-order valence-electron chi connectivity index (χ1n) is 12.1. The third kappa shape index (κ3) is 5.70. The van der Waals surface area contributed by atoms with E-state index in [2.05, 4.69) is 97.6 Å². The molecule has 186 valence electrons.